The highest BCUT2D eigenvalue weighted by Crippen LogP contribution is 2.24. The first-order valence-corrected chi connectivity index (χ1v) is 5.79. The van der Waals surface area contributed by atoms with E-state index in [0.717, 1.165) is 0 Å². The zero-order valence-corrected chi connectivity index (χ0v) is 11.5. The first-order chi connectivity index (χ1) is 7.47. The van der Waals surface area contributed by atoms with Gasteiger partial charge >= 0.3 is 0 Å². The predicted molar refractivity (Wildman–Crippen MR) is 67.9 cm³/mol. The third kappa shape index (κ3) is 3.40. The lowest BCUT2D eigenvalue weighted by Crippen LogP contribution is -2.36. The van der Waals surface area contributed by atoms with Crippen LogP contribution < -0.4 is 5.73 Å². The number of nitrogens with zero attached hydrogens (tertiary/aromatic N) is 3. The highest BCUT2D eigenvalue weighted by molar-refractivity contribution is 5.85. The summed E-state index contributed by atoms with van der Waals surface area (Å²) in [4.78, 5) is 6.59. The summed E-state index contributed by atoms with van der Waals surface area (Å²) in [5, 5.41) is 3.91. The summed E-state index contributed by atoms with van der Waals surface area (Å²) >= 11 is 0. The van der Waals surface area contributed by atoms with E-state index in [9.17, 15) is 0 Å². The molecular weight excluding hydrogens is 240 g/mol. The molecule has 0 saturated heterocycles. The molecule has 0 bridgehead atoms. The minimum atomic E-state index is -0.531. The van der Waals surface area contributed by atoms with Gasteiger partial charge in [0.25, 0.3) is 0 Å². The normalized spacial score (nSPS) is 16.8. The Morgan fingerprint density at radius 1 is 1.47 bits per heavy atom. The summed E-state index contributed by atoms with van der Waals surface area (Å²) in [6.07, 6.45) is 3.89. The molecule has 0 radical (unpaired) electrons. The van der Waals surface area contributed by atoms with Gasteiger partial charge < -0.3 is 10.3 Å². The van der Waals surface area contributed by atoms with Crippen LogP contribution in [0.15, 0.2) is 4.52 Å². The topological polar surface area (TPSA) is 68.2 Å². The number of hydrogen-bond acceptors (Lipinski definition) is 5. The van der Waals surface area contributed by atoms with Gasteiger partial charge in [0.05, 0.1) is 12.1 Å². The summed E-state index contributed by atoms with van der Waals surface area (Å²) in [6, 6.07) is 0.682. The Morgan fingerprint density at radius 2 is 2.12 bits per heavy atom. The summed E-state index contributed by atoms with van der Waals surface area (Å²) in [6.45, 7) is 4.46. The van der Waals surface area contributed by atoms with Crippen LogP contribution in [0.1, 0.15) is 44.8 Å². The molecule has 0 aromatic carbocycles. The number of halogens is 1. The van der Waals surface area contributed by atoms with Crippen LogP contribution in [-0.2, 0) is 12.1 Å². The second kappa shape index (κ2) is 5.33. The van der Waals surface area contributed by atoms with Gasteiger partial charge in [0.15, 0.2) is 5.82 Å². The van der Waals surface area contributed by atoms with Crippen molar-refractivity contribution in [2.75, 3.05) is 7.05 Å². The molecule has 6 heteroatoms. The molecule has 1 saturated carbocycles. The third-order valence-electron chi connectivity index (χ3n) is 3.13. The highest BCUT2D eigenvalue weighted by Gasteiger charge is 2.25. The van der Waals surface area contributed by atoms with E-state index in [4.69, 9.17) is 10.3 Å². The molecule has 2 rings (SSSR count). The molecule has 1 aromatic rings. The van der Waals surface area contributed by atoms with Crippen molar-refractivity contribution in [3.63, 3.8) is 0 Å². The largest absolute Gasteiger partial charge is 0.338 e. The second-order valence-corrected chi connectivity index (χ2v) is 5.23. The number of hydrogen-bond donors (Lipinski definition) is 1. The van der Waals surface area contributed by atoms with Crippen molar-refractivity contribution in [1.29, 1.82) is 0 Å². The summed E-state index contributed by atoms with van der Waals surface area (Å²) in [5.74, 6) is 1.23. The fourth-order valence-corrected chi connectivity index (χ4v) is 1.75. The van der Waals surface area contributed by atoms with Crippen molar-refractivity contribution in [1.82, 2.24) is 15.0 Å². The van der Waals surface area contributed by atoms with E-state index in [1.807, 2.05) is 13.8 Å². The minimum Gasteiger partial charge on any atom is -0.338 e. The maximum absolute atomic E-state index is 5.90. The average molecular weight is 261 g/mol. The SMILES string of the molecule is CN(Cc1nc(C(C)(C)N)no1)C1CCC1.Cl. The van der Waals surface area contributed by atoms with E-state index in [0.29, 0.717) is 24.3 Å². The Labute approximate surface area is 108 Å². The monoisotopic (exact) mass is 260 g/mol. The number of nitrogens with two attached hydrogens (primary N) is 1. The van der Waals surface area contributed by atoms with Crippen LogP contribution in [-0.4, -0.2) is 28.1 Å². The van der Waals surface area contributed by atoms with Crippen LogP contribution in [0, 0.1) is 0 Å². The maximum atomic E-state index is 5.90. The molecule has 0 spiro atoms. The molecule has 5 nitrogen and oxygen atoms in total. The average Bonchev–Trinajstić information content (AvgIpc) is 2.47. The van der Waals surface area contributed by atoms with E-state index < -0.39 is 5.54 Å². The predicted octanol–water partition coefficient (Wildman–Crippen LogP) is 1.67. The Balaban J connectivity index is 0.00000144. The molecule has 1 heterocycles. The quantitative estimate of drug-likeness (QED) is 0.892. The highest BCUT2D eigenvalue weighted by atomic mass is 35.5. The van der Waals surface area contributed by atoms with Crippen LogP contribution in [0.2, 0.25) is 0 Å². The molecule has 0 unspecified atom stereocenters. The molecule has 17 heavy (non-hydrogen) atoms. The summed E-state index contributed by atoms with van der Waals surface area (Å²) in [5.41, 5.74) is 5.37. The van der Waals surface area contributed by atoms with Gasteiger partial charge in [0.2, 0.25) is 5.89 Å². The van der Waals surface area contributed by atoms with Crippen LogP contribution in [0.5, 0.6) is 0 Å². The smallest absolute Gasteiger partial charge is 0.240 e. The van der Waals surface area contributed by atoms with E-state index in [-0.39, 0.29) is 12.4 Å². The van der Waals surface area contributed by atoms with Gasteiger partial charge in [-0.3, -0.25) is 4.90 Å². The molecule has 1 aliphatic carbocycles. The second-order valence-electron chi connectivity index (χ2n) is 5.23. The van der Waals surface area contributed by atoms with Crippen molar-refractivity contribution in [3.05, 3.63) is 11.7 Å². The van der Waals surface area contributed by atoms with Gasteiger partial charge in [-0.1, -0.05) is 11.6 Å². The van der Waals surface area contributed by atoms with E-state index in [1.165, 1.54) is 19.3 Å². The number of rotatable bonds is 4. The van der Waals surface area contributed by atoms with Crippen molar-refractivity contribution >= 4 is 12.4 Å². The van der Waals surface area contributed by atoms with Crippen LogP contribution >= 0.6 is 12.4 Å². The molecule has 98 valence electrons. The van der Waals surface area contributed by atoms with E-state index in [2.05, 4.69) is 22.1 Å². The molecular formula is C11H21ClN4O. The fraction of sp³-hybridized carbons (Fsp3) is 0.818. The Morgan fingerprint density at radius 3 is 2.53 bits per heavy atom. The van der Waals surface area contributed by atoms with Crippen LogP contribution in [0.4, 0.5) is 0 Å². The van der Waals surface area contributed by atoms with Gasteiger partial charge in [-0.25, -0.2) is 0 Å². The molecule has 1 aliphatic rings. The standard InChI is InChI=1S/C11H20N4O.ClH/c1-11(2,12)10-13-9(16-14-10)7-15(3)8-5-4-6-8;/h8H,4-7,12H2,1-3H3;1H. The maximum Gasteiger partial charge on any atom is 0.240 e. The summed E-state index contributed by atoms with van der Waals surface area (Å²) in [7, 11) is 2.10. The summed E-state index contributed by atoms with van der Waals surface area (Å²) < 4.78 is 5.20. The molecule has 2 N–H and O–H groups in total. The Bertz CT molecular complexity index is 357. The Kier molecular flexibility index (Phi) is 4.52. The Hall–Kier alpha value is -0.650. The lowest BCUT2D eigenvalue weighted by atomic mass is 9.92. The van der Waals surface area contributed by atoms with Gasteiger partial charge in [0.1, 0.15) is 0 Å². The van der Waals surface area contributed by atoms with E-state index >= 15 is 0 Å². The lowest BCUT2D eigenvalue weighted by Gasteiger charge is -2.33. The molecule has 0 amide bonds. The van der Waals surface area contributed by atoms with E-state index in [1.54, 1.807) is 0 Å². The molecule has 0 atom stereocenters. The lowest BCUT2D eigenvalue weighted by molar-refractivity contribution is 0.137. The van der Waals surface area contributed by atoms with Crippen molar-refractivity contribution in [2.45, 2.75) is 51.2 Å². The first-order valence-electron chi connectivity index (χ1n) is 5.79. The van der Waals surface area contributed by atoms with Gasteiger partial charge in [-0.15, -0.1) is 12.4 Å². The molecule has 1 aromatic heterocycles. The zero-order valence-electron chi connectivity index (χ0n) is 10.6. The van der Waals surface area contributed by atoms with Crippen molar-refractivity contribution in [2.24, 2.45) is 5.73 Å². The number of aromatic nitrogens is 2. The molecule has 1 fully saturated rings. The zero-order chi connectivity index (χ0) is 11.8. The van der Waals surface area contributed by atoms with Crippen LogP contribution in [0.3, 0.4) is 0 Å². The minimum absolute atomic E-state index is 0. The van der Waals surface area contributed by atoms with Gasteiger partial charge in [0, 0.05) is 6.04 Å². The van der Waals surface area contributed by atoms with Gasteiger partial charge in [-0.05, 0) is 33.7 Å². The van der Waals surface area contributed by atoms with Crippen molar-refractivity contribution in [3.8, 4) is 0 Å². The van der Waals surface area contributed by atoms with Crippen molar-refractivity contribution < 1.29 is 4.52 Å². The van der Waals surface area contributed by atoms with Gasteiger partial charge in [-0.2, -0.15) is 4.98 Å². The third-order valence-corrected chi connectivity index (χ3v) is 3.13. The fourth-order valence-electron chi connectivity index (χ4n) is 1.75. The van der Waals surface area contributed by atoms with Crippen LogP contribution in [0.25, 0.3) is 0 Å². The molecule has 0 aliphatic heterocycles. The first kappa shape index (κ1) is 14.4.